The summed E-state index contributed by atoms with van der Waals surface area (Å²) in [6.45, 7) is 5.29. The highest BCUT2D eigenvalue weighted by atomic mass is 19.1. The molecule has 1 aliphatic rings. The molecule has 4 nitrogen and oxygen atoms in total. The molecule has 0 radical (unpaired) electrons. The summed E-state index contributed by atoms with van der Waals surface area (Å²) < 4.78 is 18.6. The second kappa shape index (κ2) is 6.63. The molecule has 1 fully saturated rings. The van der Waals surface area contributed by atoms with Crippen LogP contribution in [-0.2, 0) is 4.74 Å². The fourth-order valence-corrected chi connectivity index (χ4v) is 2.26. The molecule has 1 aliphatic heterocycles. The lowest BCUT2D eigenvalue weighted by molar-refractivity contribution is 0.112. The van der Waals surface area contributed by atoms with Gasteiger partial charge in [-0.2, -0.15) is 0 Å². The first-order valence-corrected chi connectivity index (χ1v) is 6.45. The maximum Gasteiger partial charge on any atom is 0.152 e. The summed E-state index contributed by atoms with van der Waals surface area (Å²) in [7, 11) is 1.70. The van der Waals surface area contributed by atoms with Gasteiger partial charge in [0.2, 0.25) is 0 Å². The third-order valence-corrected chi connectivity index (χ3v) is 3.46. The Morgan fingerprint density at radius 3 is 2.63 bits per heavy atom. The highest BCUT2D eigenvalue weighted by molar-refractivity contribution is 5.76. The lowest BCUT2D eigenvalue weighted by atomic mass is 10.2. The third-order valence-electron chi connectivity index (χ3n) is 3.46. The Morgan fingerprint density at radius 2 is 2.05 bits per heavy atom. The minimum atomic E-state index is -0.450. The number of nitrogens with zero attached hydrogens (tertiary/aromatic N) is 2. The number of piperazine rings is 1. The van der Waals surface area contributed by atoms with Crippen LogP contribution in [0.4, 0.5) is 10.1 Å². The van der Waals surface area contributed by atoms with Crippen LogP contribution in [0.15, 0.2) is 18.2 Å². The van der Waals surface area contributed by atoms with E-state index in [9.17, 15) is 9.18 Å². The predicted octanol–water partition coefficient (Wildman–Crippen LogP) is 1.41. The molecule has 1 aromatic carbocycles. The normalized spacial score (nSPS) is 16.6. The molecule has 1 saturated heterocycles. The van der Waals surface area contributed by atoms with Gasteiger partial charge in [-0.05, 0) is 18.2 Å². The zero-order valence-corrected chi connectivity index (χ0v) is 11.1. The number of benzene rings is 1. The van der Waals surface area contributed by atoms with Crippen molar-refractivity contribution in [1.29, 1.82) is 0 Å². The minimum absolute atomic E-state index is 0.113. The van der Waals surface area contributed by atoms with Crippen LogP contribution in [0.5, 0.6) is 0 Å². The van der Waals surface area contributed by atoms with Crippen molar-refractivity contribution in [3.05, 3.63) is 29.6 Å². The summed E-state index contributed by atoms with van der Waals surface area (Å²) in [5.41, 5.74) is 0.956. The van der Waals surface area contributed by atoms with Crippen molar-refractivity contribution in [2.45, 2.75) is 0 Å². The van der Waals surface area contributed by atoms with Gasteiger partial charge in [0.25, 0.3) is 0 Å². The number of halogens is 1. The summed E-state index contributed by atoms with van der Waals surface area (Å²) >= 11 is 0. The van der Waals surface area contributed by atoms with E-state index in [4.69, 9.17) is 4.74 Å². The molecule has 104 valence electrons. The zero-order chi connectivity index (χ0) is 13.7. The molecule has 0 atom stereocenters. The van der Waals surface area contributed by atoms with Crippen LogP contribution < -0.4 is 4.90 Å². The van der Waals surface area contributed by atoms with E-state index in [1.165, 1.54) is 12.1 Å². The zero-order valence-electron chi connectivity index (χ0n) is 11.1. The maximum absolute atomic E-state index is 13.6. The lowest BCUT2D eigenvalue weighted by Gasteiger charge is -2.36. The smallest absolute Gasteiger partial charge is 0.152 e. The molecule has 0 N–H and O–H groups in total. The maximum atomic E-state index is 13.6. The summed E-state index contributed by atoms with van der Waals surface area (Å²) in [4.78, 5) is 15.1. The van der Waals surface area contributed by atoms with Crippen molar-refractivity contribution in [2.75, 3.05) is 51.3 Å². The van der Waals surface area contributed by atoms with Crippen molar-refractivity contribution in [1.82, 2.24) is 4.90 Å². The van der Waals surface area contributed by atoms with Gasteiger partial charge in [-0.3, -0.25) is 9.69 Å². The standard InChI is InChI=1S/C14H19FN2O2/c1-19-9-8-16-4-6-17(7-5-16)13-3-2-12(11-18)14(15)10-13/h2-3,10-11H,4-9H2,1H3. The van der Waals surface area contributed by atoms with E-state index in [1.807, 2.05) is 0 Å². The van der Waals surface area contributed by atoms with Crippen LogP contribution in [-0.4, -0.2) is 57.6 Å². The van der Waals surface area contributed by atoms with Gasteiger partial charge in [0, 0.05) is 45.5 Å². The van der Waals surface area contributed by atoms with Gasteiger partial charge in [-0.15, -0.1) is 0 Å². The molecule has 2 rings (SSSR count). The molecule has 1 aromatic rings. The molecule has 0 unspecified atom stereocenters. The van der Waals surface area contributed by atoms with E-state index < -0.39 is 5.82 Å². The van der Waals surface area contributed by atoms with Crippen molar-refractivity contribution in [3.63, 3.8) is 0 Å². The largest absolute Gasteiger partial charge is 0.383 e. The summed E-state index contributed by atoms with van der Waals surface area (Å²) in [6.07, 6.45) is 0.543. The van der Waals surface area contributed by atoms with E-state index in [0.717, 1.165) is 45.0 Å². The fraction of sp³-hybridized carbons (Fsp3) is 0.500. The van der Waals surface area contributed by atoms with Gasteiger partial charge < -0.3 is 9.64 Å². The molecular formula is C14H19FN2O2. The topological polar surface area (TPSA) is 32.8 Å². The summed E-state index contributed by atoms with van der Waals surface area (Å²) in [6, 6.07) is 4.78. The molecule has 1 heterocycles. The van der Waals surface area contributed by atoms with Crippen molar-refractivity contribution < 1.29 is 13.9 Å². The predicted molar refractivity (Wildman–Crippen MR) is 72.3 cm³/mol. The van der Waals surface area contributed by atoms with Crippen LogP contribution in [0.2, 0.25) is 0 Å². The van der Waals surface area contributed by atoms with Gasteiger partial charge in [0.05, 0.1) is 12.2 Å². The van der Waals surface area contributed by atoms with Gasteiger partial charge in [-0.1, -0.05) is 0 Å². The van der Waals surface area contributed by atoms with Gasteiger partial charge in [-0.25, -0.2) is 4.39 Å². The Balaban J connectivity index is 1.94. The van der Waals surface area contributed by atoms with Crippen LogP contribution >= 0.6 is 0 Å². The number of carbonyl (C=O) groups is 1. The molecule has 0 aliphatic carbocycles. The molecule has 0 spiro atoms. The van der Waals surface area contributed by atoms with E-state index >= 15 is 0 Å². The Labute approximate surface area is 112 Å². The Kier molecular flexibility index (Phi) is 4.87. The first-order chi connectivity index (χ1) is 9.24. The van der Waals surface area contributed by atoms with Crippen molar-refractivity contribution in [2.24, 2.45) is 0 Å². The van der Waals surface area contributed by atoms with E-state index in [-0.39, 0.29) is 5.56 Å². The molecule has 0 amide bonds. The molecule has 0 aromatic heterocycles. The number of anilines is 1. The van der Waals surface area contributed by atoms with Gasteiger partial charge in [0.1, 0.15) is 5.82 Å². The van der Waals surface area contributed by atoms with Crippen molar-refractivity contribution in [3.8, 4) is 0 Å². The van der Waals surface area contributed by atoms with E-state index in [1.54, 1.807) is 13.2 Å². The number of carbonyl (C=O) groups excluding carboxylic acids is 1. The van der Waals surface area contributed by atoms with Crippen molar-refractivity contribution >= 4 is 12.0 Å². The number of aldehydes is 1. The summed E-state index contributed by atoms with van der Waals surface area (Å²) in [5.74, 6) is -0.450. The molecule has 5 heteroatoms. The molecule has 19 heavy (non-hydrogen) atoms. The number of methoxy groups -OCH3 is 1. The molecular weight excluding hydrogens is 247 g/mol. The van der Waals surface area contributed by atoms with Gasteiger partial charge >= 0.3 is 0 Å². The molecule has 0 bridgehead atoms. The van der Waals surface area contributed by atoms with Crippen LogP contribution in [0.25, 0.3) is 0 Å². The van der Waals surface area contributed by atoms with E-state index in [2.05, 4.69) is 9.80 Å². The first kappa shape index (κ1) is 14.0. The fourth-order valence-electron chi connectivity index (χ4n) is 2.26. The SMILES string of the molecule is COCCN1CCN(c2ccc(C=O)c(F)c2)CC1. The third kappa shape index (κ3) is 3.52. The highest BCUT2D eigenvalue weighted by Crippen LogP contribution is 2.19. The summed E-state index contributed by atoms with van der Waals surface area (Å²) in [5, 5.41) is 0. The average Bonchev–Trinajstić information content (AvgIpc) is 2.45. The molecule has 0 saturated carbocycles. The minimum Gasteiger partial charge on any atom is -0.383 e. The second-order valence-corrected chi connectivity index (χ2v) is 4.65. The number of hydrogen-bond donors (Lipinski definition) is 0. The second-order valence-electron chi connectivity index (χ2n) is 4.65. The quantitative estimate of drug-likeness (QED) is 0.754. The van der Waals surface area contributed by atoms with Gasteiger partial charge in [0.15, 0.2) is 6.29 Å². The van der Waals surface area contributed by atoms with Crippen LogP contribution in [0.1, 0.15) is 10.4 Å². The Hall–Kier alpha value is -1.46. The average molecular weight is 266 g/mol. The Morgan fingerprint density at radius 1 is 1.32 bits per heavy atom. The first-order valence-electron chi connectivity index (χ1n) is 6.45. The van der Waals surface area contributed by atoms with Crippen LogP contribution in [0, 0.1) is 5.82 Å². The number of rotatable bonds is 5. The Bertz CT molecular complexity index is 431. The highest BCUT2D eigenvalue weighted by Gasteiger charge is 2.17. The monoisotopic (exact) mass is 266 g/mol. The number of ether oxygens (including phenoxy) is 1. The van der Waals surface area contributed by atoms with Crippen LogP contribution in [0.3, 0.4) is 0 Å². The number of hydrogen-bond acceptors (Lipinski definition) is 4. The lowest BCUT2D eigenvalue weighted by Crippen LogP contribution is -2.47. The van der Waals surface area contributed by atoms with E-state index in [0.29, 0.717) is 6.29 Å².